The number of benzene rings is 2. The second-order valence-electron chi connectivity index (χ2n) is 6.15. The highest BCUT2D eigenvalue weighted by atomic mass is 16.5. The Labute approximate surface area is 147 Å². The number of anilines is 1. The number of methoxy groups -OCH3 is 1. The van der Waals surface area contributed by atoms with E-state index < -0.39 is 6.04 Å². The summed E-state index contributed by atoms with van der Waals surface area (Å²) >= 11 is 0. The molecule has 0 radical (unpaired) electrons. The van der Waals surface area contributed by atoms with Gasteiger partial charge in [-0.25, -0.2) is 0 Å². The van der Waals surface area contributed by atoms with Crippen LogP contribution in [0, 0.1) is 0 Å². The first-order valence-electron chi connectivity index (χ1n) is 8.44. The van der Waals surface area contributed by atoms with Gasteiger partial charge in [0.25, 0.3) is 5.91 Å². The number of carbonyl (C=O) groups is 2. The van der Waals surface area contributed by atoms with Gasteiger partial charge in [0.15, 0.2) is 0 Å². The number of hydrogen-bond acceptors (Lipinski definition) is 3. The van der Waals surface area contributed by atoms with E-state index in [-0.39, 0.29) is 11.8 Å². The summed E-state index contributed by atoms with van der Waals surface area (Å²) in [5, 5.41) is 2.79. The number of rotatable bonds is 4. The van der Waals surface area contributed by atoms with Gasteiger partial charge in [-0.2, -0.15) is 0 Å². The van der Waals surface area contributed by atoms with Crippen LogP contribution in [0.4, 0.5) is 5.69 Å². The topological polar surface area (TPSA) is 58.6 Å². The van der Waals surface area contributed by atoms with E-state index in [1.54, 1.807) is 43.2 Å². The molecule has 2 aromatic rings. The smallest absolute Gasteiger partial charge is 0.251 e. The van der Waals surface area contributed by atoms with E-state index >= 15 is 0 Å². The molecule has 1 aliphatic rings. The van der Waals surface area contributed by atoms with Crippen LogP contribution in [0.3, 0.4) is 0 Å². The molecule has 1 unspecified atom stereocenters. The largest absolute Gasteiger partial charge is 0.497 e. The van der Waals surface area contributed by atoms with Crippen LogP contribution < -0.4 is 15.0 Å². The molecule has 0 saturated heterocycles. The molecule has 2 aromatic carbocycles. The van der Waals surface area contributed by atoms with E-state index in [0.717, 1.165) is 18.5 Å². The van der Waals surface area contributed by atoms with Crippen LogP contribution in [0.5, 0.6) is 5.75 Å². The summed E-state index contributed by atoms with van der Waals surface area (Å²) in [6.45, 7) is 2.40. The fourth-order valence-electron chi connectivity index (χ4n) is 3.08. The molecular weight excluding hydrogens is 316 g/mol. The van der Waals surface area contributed by atoms with E-state index in [9.17, 15) is 9.59 Å². The van der Waals surface area contributed by atoms with Gasteiger partial charge in [-0.1, -0.05) is 18.2 Å². The summed E-state index contributed by atoms with van der Waals surface area (Å²) in [6.07, 6.45) is 1.91. The van der Waals surface area contributed by atoms with Crippen LogP contribution in [0.15, 0.2) is 48.5 Å². The highest BCUT2D eigenvalue weighted by Gasteiger charge is 2.27. The Bertz CT molecular complexity index is 771. The maximum Gasteiger partial charge on any atom is 0.251 e. The molecule has 130 valence electrons. The molecule has 5 nitrogen and oxygen atoms in total. The van der Waals surface area contributed by atoms with Gasteiger partial charge in [-0.15, -0.1) is 0 Å². The highest BCUT2D eigenvalue weighted by Crippen LogP contribution is 2.27. The van der Waals surface area contributed by atoms with Crippen molar-refractivity contribution in [2.75, 3.05) is 18.6 Å². The highest BCUT2D eigenvalue weighted by molar-refractivity contribution is 6.02. The van der Waals surface area contributed by atoms with E-state index in [0.29, 0.717) is 17.9 Å². The Kier molecular flexibility index (Phi) is 5.03. The Morgan fingerprint density at radius 3 is 2.56 bits per heavy atom. The van der Waals surface area contributed by atoms with Gasteiger partial charge < -0.3 is 15.0 Å². The minimum absolute atomic E-state index is 0.0889. The van der Waals surface area contributed by atoms with Crippen molar-refractivity contribution in [1.29, 1.82) is 0 Å². The van der Waals surface area contributed by atoms with Crippen LogP contribution in [0.2, 0.25) is 0 Å². The number of aryl methyl sites for hydroxylation is 1. The van der Waals surface area contributed by atoms with Crippen LogP contribution in [0.25, 0.3) is 0 Å². The second kappa shape index (κ2) is 7.38. The molecule has 1 N–H and O–H groups in total. The minimum Gasteiger partial charge on any atom is -0.497 e. The van der Waals surface area contributed by atoms with Gasteiger partial charge in [-0.05, 0) is 55.7 Å². The summed E-state index contributed by atoms with van der Waals surface area (Å²) in [5.74, 6) is 0.327. The van der Waals surface area contributed by atoms with Gasteiger partial charge >= 0.3 is 0 Å². The number of nitrogens with zero attached hydrogens (tertiary/aromatic N) is 1. The number of carbonyl (C=O) groups excluding carboxylic acids is 2. The molecule has 5 heteroatoms. The van der Waals surface area contributed by atoms with Crippen molar-refractivity contribution in [3.05, 3.63) is 59.7 Å². The second-order valence-corrected chi connectivity index (χ2v) is 6.15. The number of ether oxygens (including phenoxy) is 1. The molecule has 1 aliphatic heterocycles. The van der Waals surface area contributed by atoms with Crippen LogP contribution in [0.1, 0.15) is 29.3 Å². The molecule has 0 bridgehead atoms. The van der Waals surface area contributed by atoms with Gasteiger partial charge in [0.1, 0.15) is 11.8 Å². The summed E-state index contributed by atoms with van der Waals surface area (Å²) < 4.78 is 5.09. The van der Waals surface area contributed by atoms with Crippen molar-refractivity contribution < 1.29 is 14.3 Å². The molecular formula is C20H22N2O3. The molecule has 1 heterocycles. The Hall–Kier alpha value is -2.82. The number of nitrogens with one attached hydrogen (secondary N) is 1. The van der Waals surface area contributed by atoms with E-state index in [2.05, 4.69) is 11.4 Å². The zero-order valence-electron chi connectivity index (χ0n) is 14.5. The molecule has 0 aromatic heterocycles. The quantitative estimate of drug-likeness (QED) is 0.932. The fourth-order valence-corrected chi connectivity index (χ4v) is 3.08. The molecule has 2 amide bonds. The lowest BCUT2D eigenvalue weighted by Crippen LogP contribution is -2.48. The molecule has 0 fully saturated rings. The molecule has 0 spiro atoms. The van der Waals surface area contributed by atoms with Gasteiger partial charge in [0, 0.05) is 17.8 Å². The van der Waals surface area contributed by atoms with E-state index in [1.165, 1.54) is 5.56 Å². The van der Waals surface area contributed by atoms with Crippen molar-refractivity contribution in [3.8, 4) is 5.75 Å². The zero-order valence-corrected chi connectivity index (χ0v) is 14.5. The third-order valence-corrected chi connectivity index (χ3v) is 4.45. The van der Waals surface area contributed by atoms with Crippen LogP contribution in [-0.2, 0) is 11.2 Å². The maximum absolute atomic E-state index is 12.8. The van der Waals surface area contributed by atoms with Crippen molar-refractivity contribution in [3.63, 3.8) is 0 Å². The fraction of sp³-hybridized carbons (Fsp3) is 0.300. The number of hydrogen-bond donors (Lipinski definition) is 1. The lowest BCUT2D eigenvalue weighted by atomic mass is 10.0. The van der Waals surface area contributed by atoms with Crippen molar-refractivity contribution >= 4 is 17.5 Å². The SMILES string of the molecule is COc1ccc(C(=O)NC(C)C(=O)N2CCCc3ccccc32)cc1. The molecule has 25 heavy (non-hydrogen) atoms. The van der Waals surface area contributed by atoms with Crippen LogP contribution in [-0.4, -0.2) is 31.5 Å². The first-order chi connectivity index (χ1) is 12.1. The normalized spacial score (nSPS) is 14.4. The molecule has 3 rings (SSSR count). The summed E-state index contributed by atoms with van der Waals surface area (Å²) in [6, 6.07) is 14.2. The van der Waals surface area contributed by atoms with Gasteiger partial charge in [-0.3, -0.25) is 9.59 Å². The first-order valence-corrected chi connectivity index (χ1v) is 8.44. The minimum atomic E-state index is -0.597. The van der Waals surface area contributed by atoms with Crippen molar-refractivity contribution in [2.24, 2.45) is 0 Å². The summed E-state index contributed by atoms with van der Waals surface area (Å²) in [7, 11) is 1.58. The maximum atomic E-state index is 12.8. The Morgan fingerprint density at radius 2 is 1.84 bits per heavy atom. The lowest BCUT2D eigenvalue weighted by Gasteiger charge is -2.31. The molecule has 0 aliphatic carbocycles. The van der Waals surface area contributed by atoms with Gasteiger partial charge in [0.05, 0.1) is 7.11 Å². The summed E-state index contributed by atoms with van der Waals surface area (Å²) in [5.41, 5.74) is 2.62. The Morgan fingerprint density at radius 1 is 1.12 bits per heavy atom. The van der Waals surface area contributed by atoms with Crippen molar-refractivity contribution in [2.45, 2.75) is 25.8 Å². The monoisotopic (exact) mass is 338 g/mol. The zero-order chi connectivity index (χ0) is 17.8. The predicted molar refractivity (Wildman–Crippen MR) is 97.0 cm³/mol. The lowest BCUT2D eigenvalue weighted by molar-refractivity contribution is -0.120. The number of para-hydroxylation sites is 1. The third-order valence-electron chi connectivity index (χ3n) is 4.45. The van der Waals surface area contributed by atoms with Gasteiger partial charge in [0.2, 0.25) is 5.91 Å². The standard InChI is InChI=1S/C20H22N2O3/c1-14(21-19(23)16-9-11-17(25-2)12-10-16)20(24)22-13-5-7-15-6-3-4-8-18(15)22/h3-4,6,8-12,14H,5,7,13H2,1-2H3,(H,21,23). The Balaban J connectivity index is 1.69. The van der Waals surface area contributed by atoms with Crippen molar-refractivity contribution in [1.82, 2.24) is 5.32 Å². The van der Waals surface area contributed by atoms with E-state index in [1.807, 2.05) is 18.2 Å². The average molecular weight is 338 g/mol. The average Bonchev–Trinajstić information content (AvgIpc) is 2.67. The first kappa shape index (κ1) is 17.0. The van der Waals surface area contributed by atoms with E-state index in [4.69, 9.17) is 4.74 Å². The number of amides is 2. The molecule has 1 atom stereocenters. The van der Waals surface area contributed by atoms with Crippen LogP contribution >= 0.6 is 0 Å². The third kappa shape index (κ3) is 3.65. The molecule has 0 saturated carbocycles. The number of fused-ring (bicyclic) bond motifs is 1. The predicted octanol–water partition coefficient (Wildman–Crippen LogP) is 2.79. The summed E-state index contributed by atoms with van der Waals surface area (Å²) in [4.78, 5) is 27.0.